The smallest absolute Gasteiger partial charge is 0.276 e. The first-order chi connectivity index (χ1) is 11.6. The van der Waals surface area contributed by atoms with E-state index in [9.17, 15) is 4.79 Å². The first-order valence-electron chi connectivity index (χ1n) is 7.27. The van der Waals surface area contributed by atoms with Gasteiger partial charge in [0.2, 0.25) is 0 Å². The number of fused-ring (bicyclic) bond motifs is 2. The summed E-state index contributed by atoms with van der Waals surface area (Å²) in [5.74, 6) is 0.334. The molecule has 1 aromatic heterocycles. The van der Waals surface area contributed by atoms with E-state index in [4.69, 9.17) is 0 Å². The van der Waals surface area contributed by atoms with Crippen LogP contribution in [0.5, 0.6) is 0 Å². The van der Waals surface area contributed by atoms with Gasteiger partial charge in [-0.2, -0.15) is 5.10 Å². The molecule has 118 valence electrons. The zero-order valence-corrected chi connectivity index (χ0v) is 14.3. The van der Waals surface area contributed by atoms with Gasteiger partial charge in [0.25, 0.3) is 5.91 Å². The van der Waals surface area contributed by atoms with E-state index in [0.29, 0.717) is 11.5 Å². The maximum Gasteiger partial charge on any atom is 0.276 e. The molecule has 0 aliphatic carbocycles. The van der Waals surface area contributed by atoms with Crippen LogP contribution in [0.1, 0.15) is 5.56 Å². The number of rotatable bonds is 2. The van der Waals surface area contributed by atoms with Crippen molar-refractivity contribution in [1.82, 2.24) is 9.97 Å². The lowest BCUT2D eigenvalue weighted by Gasteiger charge is -2.13. The van der Waals surface area contributed by atoms with Crippen LogP contribution in [0.2, 0.25) is 0 Å². The minimum atomic E-state index is -0.233. The second-order valence-electron chi connectivity index (χ2n) is 5.33. The molecule has 6 nitrogen and oxygen atoms in total. The molecule has 0 atom stereocenters. The number of hydrazone groups is 1. The maximum absolute atomic E-state index is 12.2. The normalized spacial score (nSPS) is 14.8. The van der Waals surface area contributed by atoms with Gasteiger partial charge in [-0.1, -0.05) is 28.1 Å². The zero-order chi connectivity index (χ0) is 16.7. The summed E-state index contributed by atoms with van der Waals surface area (Å²) in [6, 6.07) is 13.2. The third-order valence-corrected chi connectivity index (χ3v) is 4.21. The largest absolute Gasteiger partial charge is 0.320 e. The molecule has 1 aliphatic heterocycles. The molecule has 4 rings (SSSR count). The summed E-state index contributed by atoms with van der Waals surface area (Å²) in [5.41, 5.74) is 3.45. The molecule has 1 N–H and O–H groups in total. The van der Waals surface area contributed by atoms with Crippen molar-refractivity contribution in [3.63, 3.8) is 0 Å². The minimum absolute atomic E-state index is 0.233. The van der Waals surface area contributed by atoms with Gasteiger partial charge in [-0.3, -0.25) is 9.78 Å². The summed E-state index contributed by atoms with van der Waals surface area (Å²) < 4.78 is 0.888. The summed E-state index contributed by atoms with van der Waals surface area (Å²) in [4.78, 5) is 21.1. The van der Waals surface area contributed by atoms with Crippen LogP contribution in [0.25, 0.3) is 11.0 Å². The molecular formula is C17H12BrN5O. The molecule has 1 aliphatic rings. The number of nitrogens with zero attached hydrogens (tertiary/aromatic N) is 4. The van der Waals surface area contributed by atoms with Gasteiger partial charge in [-0.15, -0.1) is 0 Å². The van der Waals surface area contributed by atoms with Crippen molar-refractivity contribution in [2.45, 2.75) is 0 Å². The van der Waals surface area contributed by atoms with Crippen molar-refractivity contribution in [3.8, 4) is 0 Å². The summed E-state index contributed by atoms with van der Waals surface area (Å²) >= 11 is 3.42. The Kier molecular flexibility index (Phi) is 3.50. The molecule has 24 heavy (non-hydrogen) atoms. The van der Waals surface area contributed by atoms with E-state index in [-0.39, 0.29) is 5.91 Å². The van der Waals surface area contributed by atoms with Crippen LogP contribution in [0.15, 0.2) is 58.2 Å². The number of halogens is 1. The standard InChI is InChI=1S/C17H12BrN5O/c1-23(15-9-19-13-4-2-3-5-14(13)20-15)22-16-11-8-10(18)6-7-12(11)21-17(16)24/h2-9H,1H3,(H,21,22,24). The molecule has 0 bridgehead atoms. The van der Waals surface area contributed by atoms with Gasteiger partial charge in [0.05, 0.1) is 22.9 Å². The first kappa shape index (κ1) is 14.8. The number of nitrogens with one attached hydrogen (secondary N) is 1. The van der Waals surface area contributed by atoms with Gasteiger partial charge < -0.3 is 5.32 Å². The lowest BCUT2D eigenvalue weighted by molar-refractivity contribution is -0.110. The van der Waals surface area contributed by atoms with E-state index in [1.807, 2.05) is 42.5 Å². The predicted molar refractivity (Wildman–Crippen MR) is 97.2 cm³/mol. The van der Waals surface area contributed by atoms with E-state index in [1.165, 1.54) is 0 Å². The molecule has 3 aromatic rings. The lowest BCUT2D eigenvalue weighted by atomic mass is 10.1. The fourth-order valence-electron chi connectivity index (χ4n) is 2.53. The van der Waals surface area contributed by atoms with Crippen LogP contribution in [0.4, 0.5) is 11.5 Å². The van der Waals surface area contributed by atoms with Crippen LogP contribution >= 0.6 is 15.9 Å². The molecule has 1 amide bonds. The number of anilines is 2. The lowest BCUT2D eigenvalue weighted by Crippen LogP contribution is -2.21. The Morgan fingerprint density at radius 2 is 1.96 bits per heavy atom. The quantitative estimate of drug-likeness (QED) is 0.692. The predicted octanol–water partition coefficient (Wildman–Crippen LogP) is 3.18. The third-order valence-electron chi connectivity index (χ3n) is 3.72. The van der Waals surface area contributed by atoms with E-state index >= 15 is 0 Å². The number of hydrogen-bond acceptors (Lipinski definition) is 5. The second-order valence-corrected chi connectivity index (χ2v) is 6.25. The highest BCUT2D eigenvalue weighted by molar-refractivity contribution is 9.10. The molecule has 0 radical (unpaired) electrons. The Morgan fingerprint density at radius 3 is 2.79 bits per heavy atom. The number of hydrogen-bond donors (Lipinski definition) is 1. The van der Waals surface area contributed by atoms with Crippen LogP contribution in [0, 0.1) is 0 Å². The van der Waals surface area contributed by atoms with Crippen molar-refractivity contribution >= 4 is 50.1 Å². The molecule has 0 unspecified atom stereocenters. The minimum Gasteiger partial charge on any atom is -0.320 e. The van der Waals surface area contributed by atoms with E-state index < -0.39 is 0 Å². The number of carbonyl (C=O) groups is 1. The average molecular weight is 382 g/mol. The Hall–Kier alpha value is -2.80. The van der Waals surface area contributed by atoms with Gasteiger partial charge >= 0.3 is 0 Å². The van der Waals surface area contributed by atoms with Crippen molar-refractivity contribution < 1.29 is 4.79 Å². The molecule has 0 saturated carbocycles. The molecule has 0 saturated heterocycles. The Bertz CT molecular complexity index is 1000. The summed E-state index contributed by atoms with van der Waals surface area (Å²) in [6.45, 7) is 0. The molecule has 0 fully saturated rings. The average Bonchev–Trinajstić information content (AvgIpc) is 2.89. The fraction of sp³-hybridized carbons (Fsp3) is 0.0588. The molecule has 2 heterocycles. The number of amides is 1. The summed E-state index contributed by atoms with van der Waals surface area (Å²) in [7, 11) is 1.75. The Morgan fingerprint density at radius 1 is 1.17 bits per heavy atom. The Balaban J connectivity index is 1.74. The highest BCUT2D eigenvalue weighted by Gasteiger charge is 2.27. The fourth-order valence-corrected chi connectivity index (χ4v) is 2.89. The maximum atomic E-state index is 12.2. The van der Waals surface area contributed by atoms with Gasteiger partial charge in [0.15, 0.2) is 11.5 Å². The molecule has 0 spiro atoms. The highest BCUT2D eigenvalue weighted by Crippen LogP contribution is 2.27. The monoisotopic (exact) mass is 381 g/mol. The molecule has 2 aromatic carbocycles. The van der Waals surface area contributed by atoms with Gasteiger partial charge in [0.1, 0.15) is 0 Å². The van der Waals surface area contributed by atoms with Crippen molar-refractivity contribution in [1.29, 1.82) is 0 Å². The van der Waals surface area contributed by atoms with E-state index in [0.717, 1.165) is 26.8 Å². The van der Waals surface area contributed by atoms with Crippen molar-refractivity contribution in [2.75, 3.05) is 17.4 Å². The van der Waals surface area contributed by atoms with Gasteiger partial charge in [-0.05, 0) is 30.3 Å². The van der Waals surface area contributed by atoms with Crippen molar-refractivity contribution in [2.24, 2.45) is 5.10 Å². The van der Waals surface area contributed by atoms with Crippen LogP contribution in [0.3, 0.4) is 0 Å². The topological polar surface area (TPSA) is 70.5 Å². The SMILES string of the molecule is CN(/N=C1/C(=O)Nc2ccc(Br)cc21)c1cnc2ccccc2n1. The number of carbonyl (C=O) groups excluding carboxylic acids is 1. The highest BCUT2D eigenvalue weighted by atomic mass is 79.9. The van der Waals surface area contributed by atoms with E-state index in [2.05, 4.69) is 36.3 Å². The molecule has 7 heteroatoms. The van der Waals surface area contributed by atoms with Crippen LogP contribution in [-0.2, 0) is 4.79 Å². The van der Waals surface area contributed by atoms with Gasteiger partial charge in [0, 0.05) is 17.1 Å². The third kappa shape index (κ3) is 2.52. The first-order valence-corrected chi connectivity index (χ1v) is 8.06. The Labute approximate surface area is 146 Å². The summed E-state index contributed by atoms with van der Waals surface area (Å²) in [6.07, 6.45) is 1.64. The van der Waals surface area contributed by atoms with Crippen LogP contribution in [-0.4, -0.2) is 28.6 Å². The van der Waals surface area contributed by atoms with E-state index in [1.54, 1.807) is 18.3 Å². The summed E-state index contributed by atoms with van der Waals surface area (Å²) in [5, 5.41) is 8.80. The van der Waals surface area contributed by atoms with Gasteiger partial charge in [-0.25, -0.2) is 9.99 Å². The number of aromatic nitrogens is 2. The van der Waals surface area contributed by atoms with Crippen LogP contribution < -0.4 is 10.3 Å². The second kappa shape index (κ2) is 5.68. The zero-order valence-electron chi connectivity index (χ0n) is 12.7. The number of benzene rings is 2. The number of para-hydroxylation sites is 2. The van der Waals surface area contributed by atoms with Crippen molar-refractivity contribution in [3.05, 3.63) is 58.7 Å². The molecular weight excluding hydrogens is 370 g/mol.